The van der Waals surface area contributed by atoms with Crippen LogP contribution >= 0.6 is 0 Å². The van der Waals surface area contributed by atoms with Gasteiger partial charge in [0.05, 0.1) is 5.92 Å². The molecule has 1 aromatic rings. The number of Topliss-reactive ketones (excluding diaryl/α,β-unsaturated/α-hetero) is 1. The van der Waals surface area contributed by atoms with Crippen LogP contribution in [0.15, 0.2) is 23.3 Å². The van der Waals surface area contributed by atoms with E-state index in [0.29, 0.717) is 24.2 Å². The minimum Gasteiger partial charge on any atom is -0.326 e. The van der Waals surface area contributed by atoms with E-state index in [1.165, 1.54) is 0 Å². The number of nitrogens with zero attached hydrogens (tertiary/aromatic N) is 1. The van der Waals surface area contributed by atoms with E-state index in [0.717, 1.165) is 17.5 Å². The quantitative estimate of drug-likeness (QED) is 0.248. The third-order valence-electron chi connectivity index (χ3n) is 4.46. The van der Waals surface area contributed by atoms with E-state index in [4.69, 9.17) is 5.84 Å². The highest BCUT2D eigenvalue weighted by Crippen LogP contribution is 2.25. The molecule has 1 aliphatic carbocycles. The molecule has 2 rings (SSSR count). The Labute approximate surface area is 163 Å². The summed E-state index contributed by atoms with van der Waals surface area (Å²) in [4.78, 5) is 47.1. The van der Waals surface area contributed by atoms with E-state index in [1.807, 2.05) is 32.0 Å². The predicted octanol–water partition coefficient (Wildman–Crippen LogP) is 0.853. The third kappa shape index (κ3) is 5.98. The Hall–Kier alpha value is -3.07. The van der Waals surface area contributed by atoms with Crippen molar-refractivity contribution in [1.29, 1.82) is 0 Å². The molecule has 9 heteroatoms. The lowest BCUT2D eigenvalue weighted by Gasteiger charge is -2.11. The van der Waals surface area contributed by atoms with Crippen LogP contribution in [-0.2, 0) is 19.2 Å². The van der Waals surface area contributed by atoms with Crippen LogP contribution in [0.2, 0.25) is 0 Å². The van der Waals surface area contributed by atoms with Gasteiger partial charge >= 0.3 is 11.8 Å². The fraction of sp³-hybridized carbons (Fsp3) is 0.421. The number of hydrazine groups is 1. The van der Waals surface area contributed by atoms with Crippen molar-refractivity contribution in [1.82, 2.24) is 10.9 Å². The van der Waals surface area contributed by atoms with E-state index in [1.54, 1.807) is 5.43 Å². The molecule has 1 fully saturated rings. The molecule has 0 aromatic heterocycles. The molecule has 150 valence electrons. The molecule has 1 unspecified atom stereocenters. The van der Waals surface area contributed by atoms with Gasteiger partial charge in [0.2, 0.25) is 5.91 Å². The number of anilines is 1. The second-order valence-electron chi connectivity index (χ2n) is 6.85. The van der Waals surface area contributed by atoms with Crippen LogP contribution < -0.4 is 22.0 Å². The molecule has 5 N–H and O–H groups in total. The molecule has 0 bridgehead atoms. The van der Waals surface area contributed by atoms with Gasteiger partial charge in [-0.3, -0.25) is 24.6 Å². The van der Waals surface area contributed by atoms with Gasteiger partial charge in [-0.15, -0.1) is 0 Å². The zero-order valence-electron chi connectivity index (χ0n) is 16.0. The molecule has 1 aromatic carbocycles. The van der Waals surface area contributed by atoms with Gasteiger partial charge in [-0.05, 0) is 56.4 Å². The summed E-state index contributed by atoms with van der Waals surface area (Å²) in [6, 6.07) is 5.75. The van der Waals surface area contributed by atoms with Crippen LogP contribution in [-0.4, -0.2) is 29.2 Å². The standard InChI is InChI=1S/C19H25N5O4/c1-11-8-12(2)10-13(9-11)21-17(26)7-6-16(25)14-4-3-5-15(14)23-24-19(28)18(27)22-20/h8-10,14H,3-7,20H2,1-2H3,(H,21,26)(H,22,27)(H,24,28). The normalized spacial score (nSPS) is 17.2. The van der Waals surface area contributed by atoms with Gasteiger partial charge in [-0.25, -0.2) is 11.3 Å². The third-order valence-corrected chi connectivity index (χ3v) is 4.46. The smallest absolute Gasteiger partial charge is 0.326 e. The van der Waals surface area contributed by atoms with E-state index >= 15 is 0 Å². The van der Waals surface area contributed by atoms with Crippen LogP contribution in [0, 0.1) is 19.8 Å². The molecule has 0 spiro atoms. The van der Waals surface area contributed by atoms with Crippen molar-refractivity contribution in [3.63, 3.8) is 0 Å². The second kappa shape index (κ2) is 9.75. The summed E-state index contributed by atoms with van der Waals surface area (Å²) >= 11 is 0. The summed E-state index contributed by atoms with van der Waals surface area (Å²) in [7, 11) is 0. The van der Waals surface area contributed by atoms with Crippen molar-refractivity contribution in [2.24, 2.45) is 16.9 Å². The Morgan fingerprint density at radius 1 is 1.07 bits per heavy atom. The number of ketones is 1. The number of hydrogen-bond donors (Lipinski definition) is 4. The number of benzene rings is 1. The first-order valence-corrected chi connectivity index (χ1v) is 9.08. The summed E-state index contributed by atoms with van der Waals surface area (Å²) < 4.78 is 0. The zero-order valence-corrected chi connectivity index (χ0v) is 16.0. The topological polar surface area (TPSA) is 143 Å². The maximum Gasteiger partial charge on any atom is 0.330 e. The molecular weight excluding hydrogens is 362 g/mol. The number of hydrogen-bond acceptors (Lipinski definition) is 6. The molecule has 28 heavy (non-hydrogen) atoms. The summed E-state index contributed by atoms with van der Waals surface area (Å²) in [5.74, 6) is 2.06. The first-order chi connectivity index (χ1) is 13.3. The number of aryl methyl sites for hydroxylation is 2. The summed E-state index contributed by atoms with van der Waals surface area (Å²) in [5, 5.41) is 6.69. The highest BCUT2D eigenvalue weighted by molar-refractivity contribution is 6.34. The Morgan fingerprint density at radius 3 is 2.39 bits per heavy atom. The van der Waals surface area contributed by atoms with Crippen LogP contribution in [0.25, 0.3) is 0 Å². The lowest BCUT2D eigenvalue weighted by Crippen LogP contribution is -2.41. The average molecular weight is 387 g/mol. The molecule has 1 saturated carbocycles. The van der Waals surface area contributed by atoms with Crippen LogP contribution in [0.5, 0.6) is 0 Å². The number of amides is 3. The maximum atomic E-state index is 12.5. The van der Waals surface area contributed by atoms with E-state index < -0.39 is 17.7 Å². The van der Waals surface area contributed by atoms with Crippen molar-refractivity contribution >= 4 is 34.9 Å². The minimum absolute atomic E-state index is 0.0670. The summed E-state index contributed by atoms with van der Waals surface area (Å²) in [6.45, 7) is 3.90. The van der Waals surface area contributed by atoms with Gasteiger partial charge in [-0.2, -0.15) is 5.10 Å². The van der Waals surface area contributed by atoms with Gasteiger partial charge in [0.1, 0.15) is 5.78 Å². The molecule has 0 saturated heterocycles. The van der Waals surface area contributed by atoms with Crippen molar-refractivity contribution < 1.29 is 19.2 Å². The fourth-order valence-corrected chi connectivity index (χ4v) is 3.23. The van der Waals surface area contributed by atoms with Gasteiger partial charge in [0.25, 0.3) is 0 Å². The number of rotatable bonds is 6. The van der Waals surface area contributed by atoms with Crippen molar-refractivity contribution in [2.75, 3.05) is 5.32 Å². The average Bonchev–Trinajstić information content (AvgIpc) is 3.11. The van der Waals surface area contributed by atoms with Gasteiger partial charge in [0, 0.05) is 24.2 Å². The number of carbonyl (C=O) groups excluding carboxylic acids is 4. The molecular formula is C19H25N5O4. The number of carbonyl (C=O) groups is 4. The molecule has 1 aliphatic rings. The molecule has 3 amide bonds. The highest BCUT2D eigenvalue weighted by Gasteiger charge is 2.29. The summed E-state index contributed by atoms with van der Waals surface area (Å²) in [5.41, 5.74) is 7.10. The molecule has 0 aliphatic heterocycles. The van der Waals surface area contributed by atoms with Gasteiger partial charge < -0.3 is 5.32 Å². The lowest BCUT2D eigenvalue weighted by atomic mass is 9.97. The zero-order chi connectivity index (χ0) is 20.7. The Morgan fingerprint density at radius 2 is 1.75 bits per heavy atom. The van der Waals surface area contributed by atoms with Crippen molar-refractivity contribution in [3.8, 4) is 0 Å². The van der Waals surface area contributed by atoms with Crippen LogP contribution in [0.3, 0.4) is 0 Å². The largest absolute Gasteiger partial charge is 0.330 e. The first kappa shape index (κ1) is 21.2. The maximum absolute atomic E-state index is 12.5. The van der Waals surface area contributed by atoms with Crippen LogP contribution in [0.1, 0.15) is 43.2 Å². The lowest BCUT2D eigenvalue weighted by molar-refractivity contribution is -0.139. The highest BCUT2D eigenvalue weighted by atomic mass is 16.2. The number of nitrogens with two attached hydrogens (primary N) is 1. The van der Waals surface area contributed by atoms with Crippen LogP contribution in [0.4, 0.5) is 5.69 Å². The number of hydrazone groups is 1. The molecule has 9 nitrogen and oxygen atoms in total. The van der Waals surface area contributed by atoms with E-state index in [2.05, 4.69) is 15.8 Å². The van der Waals surface area contributed by atoms with Gasteiger partial charge in [-0.1, -0.05) is 6.07 Å². The predicted molar refractivity (Wildman–Crippen MR) is 104 cm³/mol. The van der Waals surface area contributed by atoms with Crippen molar-refractivity contribution in [3.05, 3.63) is 29.3 Å². The molecule has 0 radical (unpaired) electrons. The monoisotopic (exact) mass is 387 g/mol. The first-order valence-electron chi connectivity index (χ1n) is 9.08. The summed E-state index contributed by atoms with van der Waals surface area (Å²) in [6.07, 6.45) is 2.06. The fourth-order valence-electron chi connectivity index (χ4n) is 3.23. The van der Waals surface area contributed by atoms with E-state index in [-0.39, 0.29) is 24.5 Å². The molecule has 0 heterocycles. The molecule has 1 atom stereocenters. The minimum atomic E-state index is -1.02. The Kier molecular flexibility index (Phi) is 7.39. The van der Waals surface area contributed by atoms with Crippen molar-refractivity contribution in [2.45, 2.75) is 46.0 Å². The number of nitrogens with one attached hydrogen (secondary N) is 3. The SMILES string of the molecule is Cc1cc(C)cc(NC(=O)CCC(=O)C2CCCC2=NNC(=O)C(=O)NN)c1. The Bertz CT molecular complexity index is 798. The van der Waals surface area contributed by atoms with Gasteiger partial charge in [0.15, 0.2) is 0 Å². The second-order valence-corrected chi connectivity index (χ2v) is 6.85. The Balaban J connectivity index is 1.88. The van der Waals surface area contributed by atoms with E-state index in [9.17, 15) is 19.2 Å².